The Bertz CT molecular complexity index is 302. The van der Waals surface area contributed by atoms with E-state index in [0.29, 0.717) is 12.6 Å². The summed E-state index contributed by atoms with van der Waals surface area (Å²) in [5.74, 6) is 0.135. The molecule has 88 valence electrons. The van der Waals surface area contributed by atoms with Gasteiger partial charge in [-0.3, -0.25) is 0 Å². The van der Waals surface area contributed by atoms with Crippen molar-refractivity contribution >= 4 is 0 Å². The predicted molar refractivity (Wildman–Crippen MR) is 53.4 cm³/mol. The lowest BCUT2D eigenvalue weighted by Gasteiger charge is -2.04. The Kier molecular flexibility index (Phi) is 3.61. The van der Waals surface area contributed by atoms with E-state index in [-0.39, 0.29) is 5.88 Å². The first-order chi connectivity index (χ1) is 7.74. The Morgan fingerprint density at radius 1 is 1.38 bits per heavy atom. The number of nitrogens with one attached hydrogen (secondary N) is 1. The molecule has 0 aliphatic heterocycles. The molecular weight excluding hydrogens is 216 g/mol. The second-order valence-corrected chi connectivity index (χ2v) is 3.72. The van der Waals surface area contributed by atoms with Gasteiger partial charge in [0.1, 0.15) is 0 Å². The van der Waals surface area contributed by atoms with E-state index in [9.17, 15) is 8.78 Å². The molecule has 0 bridgehead atoms. The van der Waals surface area contributed by atoms with E-state index in [1.165, 1.54) is 12.8 Å². The molecule has 0 radical (unpaired) electrons. The maximum absolute atomic E-state index is 11.8. The molecule has 16 heavy (non-hydrogen) atoms. The maximum Gasteiger partial charge on any atom is 0.272 e. The van der Waals surface area contributed by atoms with Crippen molar-refractivity contribution in [1.82, 2.24) is 15.5 Å². The van der Waals surface area contributed by atoms with Crippen LogP contribution >= 0.6 is 0 Å². The fraction of sp³-hybridized carbons (Fsp3) is 0.600. The number of hydrogen-bond donors (Lipinski definition) is 1. The van der Waals surface area contributed by atoms with Gasteiger partial charge in [0.05, 0.1) is 5.69 Å². The van der Waals surface area contributed by atoms with Gasteiger partial charge in [-0.25, -0.2) is 8.78 Å². The summed E-state index contributed by atoms with van der Waals surface area (Å²) in [6.45, 7) is 0.0150. The van der Waals surface area contributed by atoms with E-state index in [0.717, 1.165) is 5.69 Å². The second-order valence-electron chi connectivity index (χ2n) is 3.72. The van der Waals surface area contributed by atoms with Crippen LogP contribution in [0.2, 0.25) is 0 Å². The molecule has 1 fully saturated rings. The third-order valence-electron chi connectivity index (χ3n) is 2.20. The molecule has 0 saturated heterocycles. The molecular formula is C10H13F2N3O. The number of halogens is 2. The summed E-state index contributed by atoms with van der Waals surface area (Å²) in [6.07, 6.45) is -0.0653. The van der Waals surface area contributed by atoms with Crippen LogP contribution in [0.1, 0.15) is 18.5 Å². The average Bonchev–Trinajstić information content (AvgIpc) is 3.09. The lowest BCUT2D eigenvalue weighted by Crippen LogP contribution is -2.16. The highest BCUT2D eigenvalue weighted by molar-refractivity contribution is 5.11. The number of hydrogen-bond acceptors (Lipinski definition) is 4. The van der Waals surface area contributed by atoms with E-state index in [2.05, 4.69) is 15.5 Å². The van der Waals surface area contributed by atoms with Gasteiger partial charge in [-0.2, -0.15) is 5.10 Å². The fourth-order valence-electron chi connectivity index (χ4n) is 1.20. The van der Waals surface area contributed by atoms with Crippen molar-refractivity contribution in [3.8, 4) is 5.88 Å². The standard InChI is InChI=1S/C10H13F2N3O/c11-9(12)6-16-10-4-3-8(14-15-10)5-13-7-1-2-7/h3-4,7,9,13H,1-2,5-6H2. The van der Waals surface area contributed by atoms with E-state index >= 15 is 0 Å². The molecule has 4 nitrogen and oxygen atoms in total. The Labute approximate surface area is 92.0 Å². The summed E-state index contributed by atoms with van der Waals surface area (Å²) in [4.78, 5) is 0. The van der Waals surface area contributed by atoms with Crippen molar-refractivity contribution in [2.24, 2.45) is 0 Å². The highest BCUT2D eigenvalue weighted by atomic mass is 19.3. The first-order valence-electron chi connectivity index (χ1n) is 5.21. The topological polar surface area (TPSA) is 47.0 Å². The van der Waals surface area contributed by atoms with Crippen LogP contribution in [0, 0.1) is 0 Å². The van der Waals surface area contributed by atoms with Crippen molar-refractivity contribution in [3.63, 3.8) is 0 Å². The number of alkyl halides is 2. The van der Waals surface area contributed by atoms with Crippen LogP contribution in [-0.2, 0) is 6.54 Å². The van der Waals surface area contributed by atoms with E-state index < -0.39 is 13.0 Å². The molecule has 1 aromatic heterocycles. The summed E-state index contributed by atoms with van der Waals surface area (Å²) < 4.78 is 28.4. The van der Waals surface area contributed by atoms with E-state index in [1.807, 2.05) is 0 Å². The molecule has 6 heteroatoms. The highest BCUT2D eigenvalue weighted by Crippen LogP contribution is 2.19. The third-order valence-corrected chi connectivity index (χ3v) is 2.20. The molecule has 1 aliphatic carbocycles. The van der Waals surface area contributed by atoms with E-state index in [4.69, 9.17) is 4.74 Å². The smallest absolute Gasteiger partial charge is 0.272 e. The minimum Gasteiger partial charge on any atom is -0.471 e. The second kappa shape index (κ2) is 5.16. The minimum absolute atomic E-state index is 0.135. The molecule has 0 atom stereocenters. The Morgan fingerprint density at radius 2 is 2.19 bits per heavy atom. The van der Waals surface area contributed by atoms with Crippen LogP contribution in [0.15, 0.2) is 12.1 Å². The monoisotopic (exact) mass is 229 g/mol. The molecule has 1 heterocycles. The molecule has 1 aromatic rings. The van der Waals surface area contributed by atoms with Gasteiger partial charge in [-0.05, 0) is 18.9 Å². The largest absolute Gasteiger partial charge is 0.471 e. The van der Waals surface area contributed by atoms with Crippen molar-refractivity contribution in [1.29, 1.82) is 0 Å². The van der Waals surface area contributed by atoms with Gasteiger partial charge in [-0.15, -0.1) is 5.10 Å². The molecule has 2 rings (SSSR count). The van der Waals surface area contributed by atoms with Crippen molar-refractivity contribution in [2.75, 3.05) is 6.61 Å². The molecule has 1 saturated carbocycles. The fourth-order valence-corrected chi connectivity index (χ4v) is 1.20. The van der Waals surface area contributed by atoms with Crippen LogP contribution in [0.3, 0.4) is 0 Å². The normalized spacial score (nSPS) is 15.4. The van der Waals surface area contributed by atoms with Gasteiger partial charge in [0.25, 0.3) is 6.43 Å². The first kappa shape index (κ1) is 11.2. The third kappa shape index (κ3) is 3.69. The van der Waals surface area contributed by atoms with Crippen molar-refractivity contribution < 1.29 is 13.5 Å². The van der Waals surface area contributed by atoms with Gasteiger partial charge in [0.15, 0.2) is 6.61 Å². The minimum atomic E-state index is -2.49. The first-order valence-corrected chi connectivity index (χ1v) is 5.21. The zero-order chi connectivity index (χ0) is 11.4. The van der Waals surface area contributed by atoms with Crippen LogP contribution in [0.5, 0.6) is 5.88 Å². The lowest BCUT2D eigenvalue weighted by molar-refractivity contribution is 0.0790. The Morgan fingerprint density at radius 3 is 2.75 bits per heavy atom. The summed E-state index contributed by atoms with van der Waals surface area (Å²) in [7, 11) is 0. The van der Waals surface area contributed by atoms with Gasteiger partial charge >= 0.3 is 0 Å². The predicted octanol–water partition coefficient (Wildman–Crippen LogP) is 1.37. The van der Waals surface area contributed by atoms with Crippen LogP contribution < -0.4 is 10.1 Å². The lowest BCUT2D eigenvalue weighted by atomic mass is 10.4. The van der Waals surface area contributed by atoms with Crippen molar-refractivity contribution in [2.45, 2.75) is 31.9 Å². The van der Waals surface area contributed by atoms with Gasteiger partial charge in [-0.1, -0.05) is 0 Å². The summed E-state index contributed by atoms with van der Waals surface area (Å²) in [6, 6.07) is 3.89. The number of nitrogens with zero attached hydrogens (tertiary/aromatic N) is 2. The maximum atomic E-state index is 11.8. The van der Waals surface area contributed by atoms with Crippen LogP contribution in [-0.4, -0.2) is 29.3 Å². The summed E-state index contributed by atoms with van der Waals surface area (Å²) >= 11 is 0. The number of aromatic nitrogens is 2. The van der Waals surface area contributed by atoms with Gasteiger partial charge in [0.2, 0.25) is 5.88 Å². The van der Waals surface area contributed by atoms with Gasteiger partial charge < -0.3 is 10.1 Å². The molecule has 0 amide bonds. The van der Waals surface area contributed by atoms with Crippen LogP contribution in [0.25, 0.3) is 0 Å². The molecule has 1 N–H and O–H groups in total. The Hall–Kier alpha value is -1.30. The number of ether oxygens (including phenoxy) is 1. The zero-order valence-corrected chi connectivity index (χ0v) is 8.70. The molecule has 0 unspecified atom stereocenters. The Balaban J connectivity index is 1.78. The van der Waals surface area contributed by atoms with Crippen LogP contribution in [0.4, 0.5) is 8.78 Å². The average molecular weight is 229 g/mol. The summed E-state index contributed by atoms with van der Waals surface area (Å²) in [5.41, 5.74) is 0.788. The van der Waals surface area contributed by atoms with Gasteiger partial charge in [0, 0.05) is 18.7 Å². The SMILES string of the molecule is FC(F)COc1ccc(CNC2CC2)nn1. The quantitative estimate of drug-likeness (QED) is 0.800. The highest BCUT2D eigenvalue weighted by Gasteiger charge is 2.20. The molecule has 0 spiro atoms. The van der Waals surface area contributed by atoms with E-state index in [1.54, 1.807) is 12.1 Å². The molecule has 0 aromatic carbocycles. The summed E-state index contributed by atoms with van der Waals surface area (Å²) in [5, 5.41) is 10.9. The number of rotatable bonds is 6. The molecule has 1 aliphatic rings. The zero-order valence-electron chi connectivity index (χ0n) is 8.70. The van der Waals surface area contributed by atoms with Crippen molar-refractivity contribution in [3.05, 3.63) is 17.8 Å².